The molecule has 0 spiro atoms. The van der Waals surface area contributed by atoms with Gasteiger partial charge < -0.3 is 9.72 Å². The summed E-state index contributed by atoms with van der Waals surface area (Å²) in [6, 6.07) is 3.36. The van der Waals surface area contributed by atoms with E-state index in [-0.39, 0.29) is 17.4 Å². The van der Waals surface area contributed by atoms with E-state index in [1.54, 1.807) is 17.5 Å². The van der Waals surface area contributed by atoms with Crippen LogP contribution in [0.2, 0.25) is 0 Å². The first-order valence-electron chi connectivity index (χ1n) is 7.04. The second-order valence-electron chi connectivity index (χ2n) is 4.97. The van der Waals surface area contributed by atoms with Crippen molar-refractivity contribution in [2.45, 2.75) is 32.1 Å². The number of hydrogen-bond donors (Lipinski definition) is 1. The Morgan fingerprint density at radius 2 is 2.43 bits per heavy atom. The molecule has 0 aliphatic heterocycles. The summed E-state index contributed by atoms with van der Waals surface area (Å²) in [4.78, 5) is 31.8. The van der Waals surface area contributed by atoms with Crippen LogP contribution in [0.1, 0.15) is 36.3 Å². The third kappa shape index (κ3) is 2.76. The van der Waals surface area contributed by atoms with Crippen molar-refractivity contribution in [3.63, 3.8) is 0 Å². The van der Waals surface area contributed by atoms with E-state index in [0.717, 1.165) is 40.4 Å². The van der Waals surface area contributed by atoms with Crippen LogP contribution in [-0.4, -0.2) is 22.5 Å². The molecule has 0 aromatic carbocycles. The molecule has 1 aliphatic carbocycles. The van der Waals surface area contributed by atoms with Crippen molar-refractivity contribution in [1.82, 2.24) is 9.97 Å². The van der Waals surface area contributed by atoms with Gasteiger partial charge in [-0.1, -0.05) is 0 Å². The predicted molar refractivity (Wildman–Crippen MR) is 80.5 cm³/mol. The van der Waals surface area contributed by atoms with Crippen molar-refractivity contribution < 1.29 is 9.53 Å². The summed E-state index contributed by atoms with van der Waals surface area (Å²) in [5, 5.41) is 0.794. The number of rotatable bonds is 3. The van der Waals surface area contributed by atoms with Crippen LogP contribution in [-0.2, 0) is 16.0 Å². The summed E-state index contributed by atoms with van der Waals surface area (Å²) in [6.07, 6.45) is 4.30. The van der Waals surface area contributed by atoms with E-state index in [0.29, 0.717) is 6.61 Å². The molecule has 5 nitrogen and oxygen atoms in total. The maximum atomic E-state index is 12.0. The van der Waals surface area contributed by atoms with Gasteiger partial charge in [0.15, 0.2) is 0 Å². The van der Waals surface area contributed by atoms with Gasteiger partial charge in [-0.3, -0.25) is 9.59 Å². The minimum Gasteiger partial charge on any atom is -0.465 e. The first-order valence-corrected chi connectivity index (χ1v) is 7.86. The SMILES string of the molecule is CCOC(=O)[C@H]1CCCc2sc(-c3cc[nH]c(=O)c3)nc21. The molecule has 0 unspecified atom stereocenters. The Morgan fingerprint density at radius 1 is 1.57 bits per heavy atom. The summed E-state index contributed by atoms with van der Waals surface area (Å²) < 4.78 is 5.14. The fourth-order valence-electron chi connectivity index (χ4n) is 2.59. The summed E-state index contributed by atoms with van der Waals surface area (Å²) in [5.74, 6) is -0.457. The number of aryl methyl sites for hydroxylation is 1. The van der Waals surface area contributed by atoms with Crippen LogP contribution < -0.4 is 5.56 Å². The third-order valence-electron chi connectivity index (χ3n) is 3.55. The standard InChI is InChI=1S/C15H16N2O3S/c1-2-20-15(19)10-4-3-5-11-13(10)17-14(21-11)9-6-7-16-12(18)8-9/h6-8,10H,2-5H2,1H3,(H,16,18)/t10-/m0/s1. The second kappa shape index (κ2) is 5.81. The van der Waals surface area contributed by atoms with E-state index >= 15 is 0 Å². The Bertz CT molecular complexity index is 720. The van der Waals surface area contributed by atoms with E-state index in [1.165, 1.54) is 6.07 Å². The lowest BCUT2D eigenvalue weighted by Crippen LogP contribution is -2.20. The molecular weight excluding hydrogens is 288 g/mol. The van der Waals surface area contributed by atoms with Crippen LogP contribution >= 0.6 is 11.3 Å². The Hall–Kier alpha value is -1.95. The van der Waals surface area contributed by atoms with Crippen molar-refractivity contribution in [2.75, 3.05) is 6.61 Å². The highest BCUT2D eigenvalue weighted by Crippen LogP contribution is 2.38. The van der Waals surface area contributed by atoms with Gasteiger partial charge in [-0.25, -0.2) is 4.98 Å². The van der Waals surface area contributed by atoms with Crippen molar-refractivity contribution in [3.05, 3.63) is 39.3 Å². The fraction of sp³-hybridized carbons (Fsp3) is 0.400. The molecule has 3 rings (SSSR count). The number of nitrogens with one attached hydrogen (secondary N) is 1. The molecule has 0 amide bonds. The molecular formula is C15H16N2O3S. The van der Waals surface area contributed by atoms with Crippen molar-refractivity contribution in [2.24, 2.45) is 0 Å². The molecule has 2 heterocycles. The number of aromatic amines is 1. The number of ether oxygens (including phenoxy) is 1. The Kier molecular flexibility index (Phi) is 3.88. The lowest BCUT2D eigenvalue weighted by molar-refractivity contribution is -0.145. The molecule has 1 atom stereocenters. The normalized spacial score (nSPS) is 17.3. The number of fused-ring (bicyclic) bond motifs is 1. The number of hydrogen-bond acceptors (Lipinski definition) is 5. The number of pyridine rings is 1. The molecule has 2 aromatic heterocycles. The number of carbonyl (C=O) groups excluding carboxylic acids is 1. The van der Waals surface area contributed by atoms with Gasteiger partial charge in [-0.15, -0.1) is 11.3 Å². The minimum absolute atomic E-state index is 0.150. The maximum Gasteiger partial charge on any atom is 0.315 e. The number of H-pyrrole nitrogens is 1. The topological polar surface area (TPSA) is 72.1 Å². The van der Waals surface area contributed by atoms with Crippen molar-refractivity contribution >= 4 is 17.3 Å². The molecule has 110 valence electrons. The lowest BCUT2D eigenvalue weighted by Gasteiger charge is -2.19. The molecule has 0 radical (unpaired) electrons. The zero-order valence-electron chi connectivity index (χ0n) is 11.7. The monoisotopic (exact) mass is 304 g/mol. The van der Waals surface area contributed by atoms with Crippen molar-refractivity contribution in [1.29, 1.82) is 0 Å². The highest BCUT2D eigenvalue weighted by atomic mass is 32.1. The minimum atomic E-state index is -0.263. The molecule has 1 N–H and O–H groups in total. The van der Waals surface area contributed by atoms with Crippen LogP contribution in [0.3, 0.4) is 0 Å². The summed E-state index contributed by atoms with van der Waals surface area (Å²) in [6.45, 7) is 2.19. The Balaban J connectivity index is 1.98. The fourth-order valence-corrected chi connectivity index (χ4v) is 3.75. The number of nitrogens with zero attached hydrogens (tertiary/aromatic N) is 1. The molecule has 0 bridgehead atoms. The molecule has 1 aliphatic rings. The van der Waals surface area contributed by atoms with Crippen molar-refractivity contribution in [3.8, 4) is 10.6 Å². The number of aromatic nitrogens is 2. The largest absolute Gasteiger partial charge is 0.465 e. The summed E-state index contributed by atoms with van der Waals surface area (Å²) >= 11 is 1.56. The molecule has 0 saturated heterocycles. The van der Waals surface area contributed by atoms with Gasteiger partial charge in [-0.05, 0) is 32.3 Å². The third-order valence-corrected chi connectivity index (χ3v) is 4.73. The molecule has 21 heavy (non-hydrogen) atoms. The zero-order valence-corrected chi connectivity index (χ0v) is 12.5. The first kappa shape index (κ1) is 14.0. The Morgan fingerprint density at radius 3 is 3.19 bits per heavy atom. The van der Waals surface area contributed by atoms with Gasteiger partial charge in [0.2, 0.25) is 5.56 Å². The van der Waals surface area contributed by atoms with Crippen LogP contribution in [0.15, 0.2) is 23.1 Å². The predicted octanol–water partition coefficient (Wildman–Crippen LogP) is 2.48. The van der Waals surface area contributed by atoms with Gasteiger partial charge in [-0.2, -0.15) is 0 Å². The summed E-state index contributed by atoms with van der Waals surface area (Å²) in [5.41, 5.74) is 1.48. The molecule has 0 saturated carbocycles. The zero-order chi connectivity index (χ0) is 14.8. The van der Waals surface area contributed by atoms with Crippen LogP contribution in [0.5, 0.6) is 0 Å². The lowest BCUT2D eigenvalue weighted by atomic mass is 9.91. The van der Waals surface area contributed by atoms with Crippen LogP contribution in [0, 0.1) is 0 Å². The van der Waals surface area contributed by atoms with E-state index in [9.17, 15) is 9.59 Å². The first-order chi connectivity index (χ1) is 10.2. The van der Waals surface area contributed by atoms with Gasteiger partial charge in [0.1, 0.15) is 10.9 Å². The van der Waals surface area contributed by atoms with E-state index in [1.807, 2.05) is 13.0 Å². The number of thiazole rings is 1. The smallest absolute Gasteiger partial charge is 0.315 e. The number of carbonyl (C=O) groups is 1. The van der Waals surface area contributed by atoms with Gasteiger partial charge in [0.05, 0.1) is 12.3 Å². The van der Waals surface area contributed by atoms with Crippen LogP contribution in [0.4, 0.5) is 0 Å². The molecule has 6 heteroatoms. The average Bonchev–Trinajstić information content (AvgIpc) is 2.91. The highest BCUT2D eigenvalue weighted by molar-refractivity contribution is 7.15. The van der Waals surface area contributed by atoms with Gasteiger partial charge in [0, 0.05) is 22.7 Å². The highest BCUT2D eigenvalue weighted by Gasteiger charge is 2.31. The quantitative estimate of drug-likeness (QED) is 0.884. The molecule has 2 aromatic rings. The van der Waals surface area contributed by atoms with Crippen LogP contribution in [0.25, 0.3) is 10.6 Å². The van der Waals surface area contributed by atoms with E-state index in [2.05, 4.69) is 9.97 Å². The molecule has 0 fully saturated rings. The Labute approximate surface area is 126 Å². The van der Waals surface area contributed by atoms with Gasteiger partial charge >= 0.3 is 5.97 Å². The van der Waals surface area contributed by atoms with E-state index < -0.39 is 0 Å². The average molecular weight is 304 g/mol. The number of esters is 1. The maximum absolute atomic E-state index is 12.0. The van der Waals surface area contributed by atoms with E-state index in [4.69, 9.17) is 4.74 Å². The summed E-state index contributed by atoms with van der Waals surface area (Å²) in [7, 11) is 0. The van der Waals surface area contributed by atoms with Gasteiger partial charge in [0.25, 0.3) is 0 Å². The second-order valence-corrected chi connectivity index (χ2v) is 6.05.